The molecule has 0 amide bonds. The summed E-state index contributed by atoms with van der Waals surface area (Å²) in [7, 11) is -5.63. The van der Waals surface area contributed by atoms with Crippen LogP contribution in [0.15, 0.2) is 11.6 Å². The second kappa shape index (κ2) is 4.02. The molecule has 2 N–H and O–H groups in total. The van der Waals surface area contributed by atoms with E-state index in [0.29, 0.717) is 19.3 Å². The van der Waals surface area contributed by atoms with Crippen molar-refractivity contribution in [1.82, 2.24) is 0 Å². The van der Waals surface area contributed by atoms with Crippen LogP contribution >= 0.6 is 0 Å². The zero-order valence-electron chi connectivity index (χ0n) is 10.9. The number of alkyl halides is 2. The largest absolute Gasteiger partial charge is 0.457 e. The van der Waals surface area contributed by atoms with Crippen LogP contribution in [0.2, 0.25) is 0 Å². The molecule has 0 aromatic carbocycles. The lowest BCUT2D eigenvalue weighted by Gasteiger charge is -2.61. The Balaban J connectivity index is 1.74. The maximum atomic E-state index is 13.1. The monoisotopic (exact) mass is 324 g/mol. The highest BCUT2D eigenvalue weighted by Gasteiger charge is 2.66. The fraction of sp³-hybridized carbons (Fsp3) is 0.750. The van der Waals surface area contributed by atoms with Crippen LogP contribution < -0.4 is 0 Å². The van der Waals surface area contributed by atoms with Gasteiger partial charge in [0.15, 0.2) is 6.61 Å². The maximum absolute atomic E-state index is 13.1. The number of esters is 1. The van der Waals surface area contributed by atoms with Gasteiger partial charge in [-0.05, 0) is 31.6 Å². The molecule has 0 radical (unpaired) electrons. The summed E-state index contributed by atoms with van der Waals surface area (Å²) in [6, 6.07) is 0. The minimum atomic E-state index is -5.63. The molecule has 6 nitrogen and oxygen atoms in total. The summed E-state index contributed by atoms with van der Waals surface area (Å²) in [5.41, 5.74) is -1.33. The van der Waals surface area contributed by atoms with Crippen LogP contribution in [0.25, 0.3) is 0 Å². The standard InChI is InChI=1S/C12H14F2O6S/c13-12(14,21(17,18)19)6-20-9(15)11-4-7-3-10(16,5-11)2-1-8(7)11/h1,7,16H,2-6H2,(H,17,18,19). The van der Waals surface area contributed by atoms with E-state index in [0.717, 1.165) is 5.57 Å². The third kappa shape index (κ3) is 2.01. The zero-order chi connectivity index (χ0) is 15.7. The third-order valence-corrected chi connectivity index (χ3v) is 5.56. The van der Waals surface area contributed by atoms with E-state index >= 15 is 0 Å². The van der Waals surface area contributed by atoms with Crippen LogP contribution in [0.3, 0.4) is 0 Å². The molecule has 0 aromatic rings. The van der Waals surface area contributed by atoms with Gasteiger partial charge in [-0.3, -0.25) is 9.35 Å². The van der Waals surface area contributed by atoms with Gasteiger partial charge in [0.1, 0.15) is 0 Å². The first-order valence-electron chi connectivity index (χ1n) is 6.44. The van der Waals surface area contributed by atoms with Gasteiger partial charge in [0.05, 0.1) is 11.0 Å². The Bertz CT molecular complexity index is 642. The van der Waals surface area contributed by atoms with Crippen LogP contribution in [0, 0.1) is 11.3 Å². The van der Waals surface area contributed by atoms with E-state index in [2.05, 4.69) is 4.74 Å². The van der Waals surface area contributed by atoms with E-state index < -0.39 is 39.0 Å². The summed E-state index contributed by atoms with van der Waals surface area (Å²) < 4.78 is 59.9. The number of fused-ring (bicyclic) bond motifs is 1. The highest BCUT2D eigenvalue weighted by molar-refractivity contribution is 7.86. The van der Waals surface area contributed by atoms with Gasteiger partial charge in [0.25, 0.3) is 0 Å². The normalized spacial score (nSPS) is 37.7. The molecule has 0 spiro atoms. The van der Waals surface area contributed by atoms with Crippen molar-refractivity contribution in [3.05, 3.63) is 11.6 Å². The van der Waals surface area contributed by atoms with Crippen molar-refractivity contribution in [1.29, 1.82) is 0 Å². The Kier molecular flexibility index (Phi) is 2.84. The van der Waals surface area contributed by atoms with Gasteiger partial charge >= 0.3 is 21.3 Å². The average Bonchev–Trinajstić information content (AvgIpc) is 2.33. The van der Waals surface area contributed by atoms with Gasteiger partial charge < -0.3 is 9.84 Å². The van der Waals surface area contributed by atoms with Crippen LogP contribution in [0.4, 0.5) is 8.78 Å². The highest BCUT2D eigenvalue weighted by atomic mass is 32.2. The second-order valence-electron chi connectivity index (χ2n) is 6.14. The molecule has 0 heterocycles. The predicted octanol–water partition coefficient (Wildman–Crippen LogP) is 0.872. The summed E-state index contributed by atoms with van der Waals surface area (Å²) in [5.74, 6) is -0.904. The first-order chi connectivity index (χ1) is 9.49. The van der Waals surface area contributed by atoms with E-state index in [9.17, 15) is 27.1 Å². The molecule has 0 aliphatic heterocycles. The van der Waals surface area contributed by atoms with E-state index in [1.54, 1.807) is 6.08 Å². The van der Waals surface area contributed by atoms with E-state index in [1.807, 2.05) is 0 Å². The molecule has 9 heteroatoms. The molecule has 5 aliphatic rings. The molecule has 118 valence electrons. The number of hydrogen-bond acceptors (Lipinski definition) is 5. The van der Waals surface area contributed by atoms with Crippen molar-refractivity contribution in [3.63, 3.8) is 0 Å². The van der Waals surface area contributed by atoms with Crippen molar-refractivity contribution < 1.29 is 36.4 Å². The Morgan fingerprint density at radius 3 is 2.67 bits per heavy atom. The fourth-order valence-corrected chi connectivity index (χ4v) is 4.02. The number of aliphatic hydroxyl groups is 1. The minimum absolute atomic E-state index is 0.0622. The molecule has 3 atom stereocenters. The first-order valence-corrected chi connectivity index (χ1v) is 7.88. The van der Waals surface area contributed by atoms with Crippen molar-refractivity contribution in [2.45, 2.75) is 36.5 Å². The lowest BCUT2D eigenvalue weighted by molar-refractivity contribution is -0.182. The molecule has 3 fully saturated rings. The number of ether oxygens (including phenoxy) is 1. The Morgan fingerprint density at radius 2 is 2.14 bits per heavy atom. The fourth-order valence-electron chi connectivity index (χ4n) is 3.81. The highest BCUT2D eigenvalue weighted by Crippen LogP contribution is 2.66. The number of carbonyl (C=O) groups excluding carboxylic acids is 1. The Morgan fingerprint density at radius 1 is 1.48 bits per heavy atom. The van der Waals surface area contributed by atoms with Gasteiger partial charge in [0, 0.05) is 0 Å². The lowest BCUT2D eigenvalue weighted by Crippen LogP contribution is -2.61. The van der Waals surface area contributed by atoms with Crippen molar-refractivity contribution in [2.24, 2.45) is 11.3 Å². The molecule has 0 saturated heterocycles. The summed E-state index contributed by atoms with van der Waals surface area (Å²) in [5, 5.41) is 5.71. The number of halogens is 2. The molecule has 5 aliphatic carbocycles. The Labute approximate surface area is 119 Å². The van der Waals surface area contributed by atoms with Gasteiger partial charge in [-0.1, -0.05) is 11.6 Å². The van der Waals surface area contributed by atoms with Crippen LogP contribution in [0.5, 0.6) is 0 Å². The van der Waals surface area contributed by atoms with E-state index in [4.69, 9.17) is 4.55 Å². The summed E-state index contributed by atoms with van der Waals surface area (Å²) in [6.07, 6.45) is 3.24. The smallest absolute Gasteiger partial charge is 0.402 e. The summed E-state index contributed by atoms with van der Waals surface area (Å²) >= 11 is 0. The number of rotatable bonds is 4. The van der Waals surface area contributed by atoms with Crippen LogP contribution in [-0.2, 0) is 19.6 Å². The molecule has 0 aromatic heterocycles. The van der Waals surface area contributed by atoms with Crippen LogP contribution in [0.1, 0.15) is 25.7 Å². The molecule has 3 saturated carbocycles. The first kappa shape index (κ1) is 14.9. The molecule has 5 rings (SSSR count). The van der Waals surface area contributed by atoms with Gasteiger partial charge in [0.2, 0.25) is 0 Å². The molecular formula is C12H14F2O6S. The van der Waals surface area contributed by atoms with E-state index in [-0.39, 0.29) is 12.3 Å². The van der Waals surface area contributed by atoms with Crippen molar-refractivity contribution in [2.75, 3.05) is 6.61 Å². The maximum Gasteiger partial charge on any atom is 0.402 e. The van der Waals surface area contributed by atoms with Crippen LogP contribution in [-0.4, -0.2) is 41.5 Å². The summed E-state index contributed by atoms with van der Waals surface area (Å²) in [6.45, 7) is -1.73. The van der Waals surface area contributed by atoms with Gasteiger partial charge in [-0.15, -0.1) is 0 Å². The molecule has 4 bridgehead atoms. The Hall–Kier alpha value is -1.06. The van der Waals surface area contributed by atoms with Crippen molar-refractivity contribution >= 4 is 16.1 Å². The SMILES string of the molecule is O=C(OCC(F)(F)S(=O)(=O)O)C12CC3CC(O)(CC=C31)C2. The number of hydrogen-bond donors (Lipinski definition) is 2. The van der Waals surface area contributed by atoms with Gasteiger partial charge in [-0.2, -0.15) is 17.2 Å². The summed E-state index contributed by atoms with van der Waals surface area (Å²) in [4.78, 5) is 12.1. The topological polar surface area (TPSA) is 101 Å². The van der Waals surface area contributed by atoms with Crippen molar-refractivity contribution in [3.8, 4) is 0 Å². The van der Waals surface area contributed by atoms with E-state index in [1.165, 1.54) is 0 Å². The zero-order valence-corrected chi connectivity index (χ0v) is 11.7. The predicted molar refractivity (Wildman–Crippen MR) is 64.9 cm³/mol. The second-order valence-corrected chi connectivity index (χ2v) is 7.69. The van der Waals surface area contributed by atoms with Gasteiger partial charge in [-0.25, -0.2) is 0 Å². The molecule has 3 unspecified atom stereocenters. The minimum Gasteiger partial charge on any atom is -0.457 e. The quantitative estimate of drug-likeness (QED) is 0.452. The lowest BCUT2D eigenvalue weighted by atomic mass is 9.43. The molecular weight excluding hydrogens is 310 g/mol. The average molecular weight is 324 g/mol. The number of carbonyl (C=O) groups is 1. The molecule has 21 heavy (non-hydrogen) atoms. The third-order valence-electron chi connectivity index (χ3n) is 4.69.